The van der Waals surface area contributed by atoms with Gasteiger partial charge in [-0.2, -0.15) is 36.4 Å². The molecule has 0 aliphatic carbocycles. The quantitative estimate of drug-likeness (QED) is 0.400. The summed E-state index contributed by atoms with van der Waals surface area (Å²) >= 11 is 0. The maximum atomic E-state index is 3.42. The molecule has 0 fully saturated rings. The topological polar surface area (TPSA) is 0 Å². The summed E-state index contributed by atoms with van der Waals surface area (Å²) in [5, 5.41) is 0. The van der Waals surface area contributed by atoms with Gasteiger partial charge in [-0.05, 0) is 0 Å². The largest absolute Gasteiger partial charge is 2.00 e. The van der Waals surface area contributed by atoms with E-state index in [0.29, 0.717) is 0 Å². The molecule has 0 aliphatic heterocycles. The standard InChI is InChI=1S/C6H5.C4H7.Mg/c1-2-4-6-5-3-1;1-3-4-2;/h1-5H;3-4H,1H2,2H3;/q2*-1;+2. The monoisotopic (exact) mass is 156 g/mol. The molecule has 1 rings (SSSR count). The van der Waals surface area contributed by atoms with E-state index in [0.717, 1.165) is 0 Å². The minimum absolute atomic E-state index is 0. The van der Waals surface area contributed by atoms with E-state index in [2.05, 4.69) is 13.0 Å². The Morgan fingerprint density at radius 3 is 1.73 bits per heavy atom. The first-order valence-corrected chi connectivity index (χ1v) is 3.23. The molecule has 54 valence electrons. The van der Waals surface area contributed by atoms with Crippen LogP contribution in [0.5, 0.6) is 0 Å². The van der Waals surface area contributed by atoms with E-state index in [1.165, 1.54) is 0 Å². The predicted molar refractivity (Wildman–Crippen MR) is 51.2 cm³/mol. The van der Waals surface area contributed by atoms with Gasteiger partial charge in [0.25, 0.3) is 0 Å². The second-order valence-corrected chi connectivity index (χ2v) is 1.65. The van der Waals surface area contributed by atoms with E-state index in [9.17, 15) is 0 Å². The summed E-state index contributed by atoms with van der Waals surface area (Å²) in [7, 11) is 0. The number of hydrogen-bond donors (Lipinski definition) is 0. The van der Waals surface area contributed by atoms with Crippen LogP contribution in [0, 0.1) is 13.0 Å². The fourth-order valence-electron chi connectivity index (χ4n) is 0.342. The average molecular weight is 157 g/mol. The molecule has 0 radical (unpaired) electrons. The van der Waals surface area contributed by atoms with E-state index >= 15 is 0 Å². The Hall–Kier alpha value is -0.404. The first-order valence-electron chi connectivity index (χ1n) is 3.23. The van der Waals surface area contributed by atoms with Crippen LogP contribution in [0.2, 0.25) is 0 Å². The van der Waals surface area contributed by atoms with E-state index in [1.54, 1.807) is 6.08 Å². The molecule has 0 aliphatic rings. The van der Waals surface area contributed by atoms with E-state index in [-0.39, 0.29) is 23.1 Å². The first-order chi connectivity index (χ1) is 4.91. The Kier molecular flexibility index (Phi) is 14.8. The van der Waals surface area contributed by atoms with Gasteiger partial charge in [-0.1, -0.05) is 0 Å². The fraction of sp³-hybridized carbons (Fsp3) is 0.100. The number of hydrogen-bond acceptors (Lipinski definition) is 0. The summed E-state index contributed by atoms with van der Waals surface area (Å²) in [6.45, 7) is 5.36. The van der Waals surface area contributed by atoms with Crippen molar-refractivity contribution in [1.82, 2.24) is 0 Å². The molecular formula is C10H12Mg. The smallest absolute Gasteiger partial charge is 0.245 e. The van der Waals surface area contributed by atoms with Gasteiger partial charge in [0.05, 0.1) is 0 Å². The second kappa shape index (κ2) is 12.3. The molecule has 0 amide bonds. The van der Waals surface area contributed by atoms with Gasteiger partial charge in [0.2, 0.25) is 0 Å². The molecule has 0 unspecified atom stereocenters. The summed E-state index contributed by atoms with van der Waals surface area (Å²) < 4.78 is 0. The molecular weight excluding hydrogens is 144 g/mol. The van der Waals surface area contributed by atoms with Crippen LogP contribution in [0.1, 0.15) is 6.92 Å². The van der Waals surface area contributed by atoms with Crippen molar-refractivity contribution in [2.45, 2.75) is 6.92 Å². The molecule has 0 saturated heterocycles. The average Bonchev–Trinajstić information content (AvgIpc) is 2.08. The molecule has 1 heteroatoms. The molecule has 0 atom stereocenters. The molecule has 0 nitrogen and oxygen atoms in total. The van der Waals surface area contributed by atoms with Crippen LogP contribution >= 0.6 is 0 Å². The predicted octanol–water partition coefficient (Wildman–Crippen LogP) is 2.50. The van der Waals surface area contributed by atoms with E-state index in [1.807, 2.05) is 43.3 Å². The minimum Gasteiger partial charge on any atom is -0.245 e. The Labute approximate surface area is 85.5 Å². The number of rotatable bonds is 0. The summed E-state index contributed by atoms with van der Waals surface area (Å²) in [5.74, 6) is 0. The molecule has 11 heavy (non-hydrogen) atoms. The van der Waals surface area contributed by atoms with Crippen molar-refractivity contribution < 1.29 is 0 Å². The van der Waals surface area contributed by atoms with Gasteiger partial charge >= 0.3 is 23.1 Å². The van der Waals surface area contributed by atoms with Crippen LogP contribution in [0.4, 0.5) is 0 Å². The van der Waals surface area contributed by atoms with Gasteiger partial charge in [0.1, 0.15) is 0 Å². The third kappa shape index (κ3) is 12.7. The summed E-state index contributed by atoms with van der Waals surface area (Å²) in [6.07, 6.45) is 3.64. The van der Waals surface area contributed by atoms with Crippen LogP contribution in [-0.2, 0) is 0 Å². The van der Waals surface area contributed by atoms with Crippen molar-refractivity contribution in [1.29, 1.82) is 0 Å². The molecule has 1 aromatic carbocycles. The molecule has 0 bridgehead atoms. The third-order valence-corrected chi connectivity index (χ3v) is 0.843. The molecule has 1 aromatic rings. The number of benzene rings is 1. The maximum Gasteiger partial charge on any atom is 2.00 e. The summed E-state index contributed by atoms with van der Waals surface area (Å²) in [4.78, 5) is 0. The number of allylic oxidation sites excluding steroid dienone is 2. The van der Waals surface area contributed by atoms with E-state index < -0.39 is 0 Å². The fourth-order valence-corrected chi connectivity index (χ4v) is 0.342. The van der Waals surface area contributed by atoms with Crippen LogP contribution < -0.4 is 0 Å². The second-order valence-electron chi connectivity index (χ2n) is 1.65. The molecule has 0 saturated carbocycles. The zero-order chi connectivity index (χ0) is 7.66. The summed E-state index contributed by atoms with van der Waals surface area (Å²) in [6, 6.07) is 12.5. The van der Waals surface area contributed by atoms with Crippen molar-refractivity contribution >= 4 is 23.1 Å². The molecule has 0 heterocycles. The first kappa shape index (κ1) is 13.2. The Morgan fingerprint density at radius 2 is 1.64 bits per heavy atom. The van der Waals surface area contributed by atoms with Crippen LogP contribution in [0.3, 0.4) is 0 Å². The SMILES string of the molecule is [CH2-]C=CC.[Mg+2].[c-]1ccccc1. The van der Waals surface area contributed by atoms with Crippen molar-refractivity contribution in [2.75, 3.05) is 0 Å². The van der Waals surface area contributed by atoms with Crippen molar-refractivity contribution in [2.24, 2.45) is 0 Å². The zero-order valence-electron chi connectivity index (χ0n) is 6.96. The minimum atomic E-state index is 0. The summed E-state index contributed by atoms with van der Waals surface area (Å²) in [5.41, 5.74) is 0. The van der Waals surface area contributed by atoms with Crippen LogP contribution in [0.25, 0.3) is 0 Å². The Bertz CT molecular complexity index is 125. The van der Waals surface area contributed by atoms with Crippen molar-refractivity contribution in [3.8, 4) is 0 Å². The molecule has 0 spiro atoms. The van der Waals surface area contributed by atoms with Gasteiger partial charge in [-0.3, -0.25) is 0 Å². The Balaban J connectivity index is 0. The van der Waals surface area contributed by atoms with Crippen molar-refractivity contribution in [3.05, 3.63) is 55.5 Å². The third-order valence-electron chi connectivity index (χ3n) is 0.843. The normalized spacial score (nSPS) is 7.73. The van der Waals surface area contributed by atoms with Gasteiger partial charge in [-0.25, -0.2) is 19.1 Å². The zero-order valence-corrected chi connectivity index (χ0v) is 8.37. The van der Waals surface area contributed by atoms with Gasteiger partial charge < -0.3 is 0 Å². The van der Waals surface area contributed by atoms with E-state index in [4.69, 9.17) is 0 Å². The van der Waals surface area contributed by atoms with Crippen LogP contribution in [-0.4, -0.2) is 23.1 Å². The maximum absolute atomic E-state index is 3.42. The van der Waals surface area contributed by atoms with Crippen molar-refractivity contribution in [3.63, 3.8) is 0 Å². The van der Waals surface area contributed by atoms with Gasteiger partial charge in [0, 0.05) is 0 Å². The molecule has 0 aromatic heterocycles. The Morgan fingerprint density at radius 1 is 1.18 bits per heavy atom. The van der Waals surface area contributed by atoms with Gasteiger partial charge in [-0.15, -0.1) is 6.92 Å². The molecule has 0 N–H and O–H groups in total. The van der Waals surface area contributed by atoms with Gasteiger partial charge in [0.15, 0.2) is 0 Å². The van der Waals surface area contributed by atoms with Crippen LogP contribution in [0.15, 0.2) is 42.5 Å².